The lowest BCUT2D eigenvalue weighted by Crippen LogP contribution is -2.49. The van der Waals surface area contributed by atoms with Crippen molar-refractivity contribution in [2.75, 3.05) is 0 Å². The highest BCUT2D eigenvalue weighted by molar-refractivity contribution is 9.10. The normalized spacial score (nSPS) is 25.1. The predicted molar refractivity (Wildman–Crippen MR) is 87.2 cm³/mol. The molecule has 0 atom stereocenters. The number of rotatable bonds is 3. The van der Waals surface area contributed by atoms with Gasteiger partial charge < -0.3 is 5.32 Å². The highest BCUT2D eigenvalue weighted by Crippen LogP contribution is 2.33. The summed E-state index contributed by atoms with van der Waals surface area (Å²) >= 11 is 9.29. The van der Waals surface area contributed by atoms with Gasteiger partial charge in [0.15, 0.2) is 0 Å². The number of hydrogen-bond acceptors (Lipinski definition) is 2. The monoisotopic (exact) mass is 368 g/mol. The quantitative estimate of drug-likeness (QED) is 0.840. The summed E-state index contributed by atoms with van der Waals surface area (Å²) in [5.41, 5.74) is -0.265. The average molecular weight is 370 g/mol. The Morgan fingerprint density at radius 3 is 2.67 bits per heavy atom. The van der Waals surface area contributed by atoms with E-state index in [9.17, 15) is 10.1 Å². The molecule has 0 aromatic heterocycles. The van der Waals surface area contributed by atoms with Gasteiger partial charge in [-0.15, -0.1) is 0 Å². The topological polar surface area (TPSA) is 52.9 Å². The fraction of sp³-hybridized carbons (Fsp3) is 0.500. The van der Waals surface area contributed by atoms with Gasteiger partial charge in [-0.3, -0.25) is 4.79 Å². The maximum atomic E-state index is 12.4. The van der Waals surface area contributed by atoms with E-state index in [2.05, 4.69) is 34.2 Å². The molecule has 1 N–H and O–H groups in total. The maximum absolute atomic E-state index is 12.4. The molecule has 1 aromatic carbocycles. The first-order chi connectivity index (χ1) is 9.98. The molecule has 1 amide bonds. The summed E-state index contributed by atoms with van der Waals surface area (Å²) in [6.07, 6.45) is 4.55. The van der Waals surface area contributed by atoms with Gasteiger partial charge in [-0.2, -0.15) is 5.26 Å². The molecule has 112 valence electrons. The lowest BCUT2D eigenvalue weighted by molar-refractivity contribution is 0.0891. The van der Waals surface area contributed by atoms with Gasteiger partial charge in [0, 0.05) is 15.1 Å². The van der Waals surface area contributed by atoms with Crippen LogP contribution in [0.2, 0.25) is 5.02 Å². The lowest BCUT2D eigenvalue weighted by atomic mass is 9.76. The molecular weight excluding hydrogens is 352 g/mol. The molecule has 2 rings (SSSR count). The van der Waals surface area contributed by atoms with Crippen LogP contribution in [0, 0.1) is 17.2 Å². The van der Waals surface area contributed by atoms with Crippen LogP contribution in [0.25, 0.3) is 0 Å². The van der Waals surface area contributed by atoms with Crippen LogP contribution < -0.4 is 5.32 Å². The number of benzene rings is 1. The van der Waals surface area contributed by atoms with Crippen molar-refractivity contribution < 1.29 is 4.79 Å². The van der Waals surface area contributed by atoms with Gasteiger partial charge in [-0.05, 0) is 49.8 Å². The van der Waals surface area contributed by atoms with E-state index >= 15 is 0 Å². The third-order valence-corrected chi connectivity index (χ3v) is 4.90. The predicted octanol–water partition coefficient (Wildman–Crippen LogP) is 4.69. The SMILES string of the molecule is CCC1CCC(C#N)(NC(=O)c2cc(Cl)cc(Br)c2)CC1. The summed E-state index contributed by atoms with van der Waals surface area (Å²) in [7, 11) is 0. The number of carbonyl (C=O) groups excluding carboxylic acids is 1. The fourth-order valence-corrected chi connectivity index (χ4v) is 3.68. The molecule has 0 bridgehead atoms. The first kappa shape index (κ1) is 16.3. The van der Waals surface area contributed by atoms with Gasteiger partial charge in [0.25, 0.3) is 5.91 Å². The van der Waals surface area contributed by atoms with Crippen molar-refractivity contribution in [1.82, 2.24) is 5.32 Å². The average Bonchev–Trinajstić information content (AvgIpc) is 2.47. The molecule has 0 heterocycles. The molecule has 1 saturated carbocycles. The third-order valence-electron chi connectivity index (χ3n) is 4.23. The van der Waals surface area contributed by atoms with E-state index < -0.39 is 5.54 Å². The van der Waals surface area contributed by atoms with E-state index in [1.54, 1.807) is 18.2 Å². The van der Waals surface area contributed by atoms with Crippen molar-refractivity contribution in [2.24, 2.45) is 5.92 Å². The Balaban J connectivity index is 2.12. The second-order valence-electron chi connectivity index (χ2n) is 5.66. The lowest BCUT2D eigenvalue weighted by Gasteiger charge is -2.35. The van der Waals surface area contributed by atoms with Gasteiger partial charge in [0.05, 0.1) is 6.07 Å². The van der Waals surface area contributed by atoms with Crippen molar-refractivity contribution in [3.05, 3.63) is 33.3 Å². The van der Waals surface area contributed by atoms with Gasteiger partial charge in [0.2, 0.25) is 0 Å². The fourth-order valence-electron chi connectivity index (χ4n) is 2.82. The Labute approximate surface area is 138 Å². The maximum Gasteiger partial charge on any atom is 0.252 e. The smallest absolute Gasteiger partial charge is 0.252 e. The van der Waals surface area contributed by atoms with E-state index in [4.69, 9.17) is 11.6 Å². The van der Waals surface area contributed by atoms with Crippen molar-refractivity contribution in [3.8, 4) is 6.07 Å². The minimum absolute atomic E-state index is 0.241. The van der Waals surface area contributed by atoms with Crippen molar-refractivity contribution >= 4 is 33.4 Å². The number of nitriles is 1. The molecule has 0 unspecified atom stereocenters. The number of carbonyl (C=O) groups is 1. The standard InChI is InChI=1S/C16H18BrClN2O/c1-2-11-3-5-16(10-19,6-4-11)20-15(21)12-7-13(17)9-14(18)8-12/h7-9,11H,2-6H2,1H3,(H,20,21). The molecule has 1 aliphatic carbocycles. The zero-order valence-electron chi connectivity index (χ0n) is 12.0. The Morgan fingerprint density at radius 2 is 2.14 bits per heavy atom. The molecule has 0 spiro atoms. The first-order valence-corrected chi connectivity index (χ1v) is 8.35. The molecule has 0 saturated heterocycles. The van der Waals surface area contributed by atoms with Crippen LogP contribution in [0.1, 0.15) is 49.4 Å². The highest BCUT2D eigenvalue weighted by Gasteiger charge is 2.36. The molecule has 1 aliphatic rings. The summed E-state index contributed by atoms with van der Waals surface area (Å²) < 4.78 is 0.751. The number of hydrogen-bond donors (Lipinski definition) is 1. The van der Waals surface area contributed by atoms with E-state index in [-0.39, 0.29) is 5.91 Å². The second-order valence-corrected chi connectivity index (χ2v) is 7.01. The third kappa shape index (κ3) is 3.99. The summed E-state index contributed by atoms with van der Waals surface area (Å²) in [4.78, 5) is 12.4. The Kier molecular flexibility index (Phi) is 5.29. The van der Waals surface area contributed by atoms with Crippen molar-refractivity contribution in [2.45, 2.75) is 44.6 Å². The minimum Gasteiger partial charge on any atom is -0.334 e. The zero-order valence-corrected chi connectivity index (χ0v) is 14.3. The van der Waals surface area contributed by atoms with E-state index in [1.165, 1.54) is 0 Å². The minimum atomic E-state index is -0.739. The summed E-state index contributed by atoms with van der Waals surface area (Å²) in [5.74, 6) is 0.429. The molecule has 21 heavy (non-hydrogen) atoms. The zero-order chi connectivity index (χ0) is 15.5. The molecule has 5 heteroatoms. The van der Waals surface area contributed by atoms with Crippen LogP contribution in [-0.4, -0.2) is 11.4 Å². The van der Waals surface area contributed by atoms with Crippen LogP contribution in [0.4, 0.5) is 0 Å². The number of amides is 1. The van der Waals surface area contributed by atoms with Crippen molar-refractivity contribution in [3.63, 3.8) is 0 Å². The van der Waals surface area contributed by atoms with Gasteiger partial charge in [-0.25, -0.2) is 0 Å². The Morgan fingerprint density at radius 1 is 1.48 bits per heavy atom. The molecule has 0 radical (unpaired) electrons. The Bertz CT molecular complexity index is 554. The van der Waals surface area contributed by atoms with Gasteiger partial charge in [0.1, 0.15) is 5.54 Å². The first-order valence-electron chi connectivity index (χ1n) is 7.18. The van der Waals surface area contributed by atoms with Crippen LogP contribution >= 0.6 is 27.5 Å². The Hall–Kier alpha value is -1.05. The number of halogens is 2. The molecular formula is C16H18BrClN2O. The van der Waals surface area contributed by atoms with E-state index in [0.29, 0.717) is 16.5 Å². The van der Waals surface area contributed by atoms with Crippen LogP contribution in [0.3, 0.4) is 0 Å². The van der Waals surface area contributed by atoms with Crippen LogP contribution in [-0.2, 0) is 0 Å². The molecule has 3 nitrogen and oxygen atoms in total. The largest absolute Gasteiger partial charge is 0.334 e. The number of nitrogens with one attached hydrogen (secondary N) is 1. The summed E-state index contributed by atoms with van der Waals surface area (Å²) in [5, 5.41) is 12.9. The molecule has 0 aliphatic heterocycles. The molecule has 1 aromatic rings. The van der Waals surface area contributed by atoms with Gasteiger partial charge >= 0.3 is 0 Å². The van der Waals surface area contributed by atoms with Crippen molar-refractivity contribution in [1.29, 1.82) is 5.26 Å². The van der Waals surface area contributed by atoms with E-state index in [0.717, 1.165) is 36.6 Å². The number of nitrogens with zero attached hydrogens (tertiary/aromatic N) is 1. The van der Waals surface area contributed by atoms with E-state index in [1.807, 2.05) is 0 Å². The summed E-state index contributed by atoms with van der Waals surface area (Å²) in [6, 6.07) is 7.37. The summed E-state index contributed by atoms with van der Waals surface area (Å²) in [6.45, 7) is 2.17. The van der Waals surface area contributed by atoms with Gasteiger partial charge in [-0.1, -0.05) is 40.9 Å². The second kappa shape index (κ2) is 6.81. The van der Waals surface area contributed by atoms with Crippen LogP contribution in [0.5, 0.6) is 0 Å². The molecule has 1 fully saturated rings. The highest BCUT2D eigenvalue weighted by atomic mass is 79.9. The van der Waals surface area contributed by atoms with Crippen LogP contribution in [0.15, 0.2) is 22.7 Å².